The second-order valence-corrected chi connectivity index (χ2v) is 7.50. The summed E-state index contributed by atoms with van der Waals surface area (Å²) >= 11 is 0. The first-order chi connectivity index (χ1) is 9.56. The van der Waals surface area contributed by atoms with Crippen LogP contribution in [0, 0.1) is 5.92 Å². The Hall–Kier alpha value is -0.120. The Kier molecular flexibility index (Phi) is 6.31. The number of hydrogen-bond donors (Lipinski definition) is 1. The van der Waals surface area contributed by atoms with Gasteiger partial charge in [-0.25, -0.2) is 0 Å². The van der Waals surface area contributed by atoms with Crippen molar-refractivity contribution in [2.75, 3.05) is 32.7 Å². The molecule has 0 aromatic rings. The van der Waals surface area contributed by atoms with Crippen molar-refractivity contribution in [3.8, 4) is 0 Å². The molecule has 2 aliphatic heterocycles. The van der Waals surface area contributed by atoms with Crippen LogP contribution in [0.3, 0.4) is 0 Å². The van der Waals surface area contributed by atoms with Crippen molar-refractivity contribution in [3.05, 3.63) is 0 Å². The molecule has 0 radical (unpaired) electrons. The molecule has 20 heavy (non-hydrogen) atoms. The van der Waals surface area contributed by atoms with E-state index >= 15 is 0 Å². The van der Waals surface area contributed by atoms with Gasteiger partial charge in [0.25, 0.3) is 0 Å². The number of piperidine rings is 1. The molecular weight excluding hydrogens is 246 g/mol. The lowest BCUT2D eigenvalue weighted by Gasteiger charge is -2.36. The van der Waals surface area contributed by atoms with E-state index in [1.54, 1.807) is 0 Å². The Labute approximate surface area is 126 Å². The van der Waals surface area contributed by atoms with Gasteiger partial charge in [0.15, 0.2) is 0 Å². The molecule has 2 rings (SSSR count). The molecular formula is C17H35N3. The third kappa shape index (κ3) is 4.71. The van der Waals surface area contributed by atoms with E-state index < -0.39 is 0 Å². The first-order valence-electron chi connectivity index (χ1n) is 8.77. The van der Waals surface area contributed by atoms with Gasteiger partial charge in [0.2, 0.25) is 0 Å². The van der Waals surface area contributed by atoms with E-state index in [0.29, 0.717) is 6.04 Å². The van der Waals surface area contributed by atoms with Crippen molar-refractivity contribution in [2.24, 2.45) is 5.92 Å². The monoisotopic (exact) mass is 281 g/mol. The minimum atomic E-state index is 0.715. The summed E-state index contributed by atoms with van der Waals surface area (Å²) in [6.07, 6.45) is 5.44. The van der Waals surface area contributed by atoms with E-state index in [9.17, 15) is 0 Å². The molecule has 0 aliphatic carbocycles. The number of hydrogen-bond acceptors (Lipinski definition) is 3. The summed E-state index contributed by atoms with van der Waals surface area (Å²) < 4.78 is 0. The average molecular weight is 281 g/mol. The third-order valence-corrected chi connectivity index (χ3v) is 5.00. The van der Waals surface area contributed by atoms with Crippen LogP contribution in [-0.2, 0) is 0 Å². The Morgan fingerprint density at radius 1 is 1.00 bits per heavy atom. The second-order valence-electron chi connectivity index (χ2n) is 7.50. The largest absolute Gasteiger partial charge is 0.312 e. The maximum absolute atomic E-state index is 3.86. The molecule has 0 aromatic heterocycles. The summed E-state index contributed by atoms with van der Waals surface area (Å²) in [4.78, 5) is 5.32. The molecule has 2 heterocycles. The molecule has 0 saturated carbocycles. The molecule has 2 aliphatic rings. The van der Waals surface area contributed by atoms with E-state index in [1.165, 1.54) is 58.4 Å². The number of likely N-dealkylation sites (tertiary alicyclic amines) is 2. The molecule has 3 nitrogen and oxygen atoms in total. The average Bonchev–Trinajstić information content (AvgIpc) is 2.83. The molecule has 0 amide bonds. The van der Waals surface area contributed by atoms with Crippen molar-refractivity contribution in [1.29, 1.82) is 0 Å². The van der Waals surface area contributed by atoms with E-state index in [2.05, 4.69) is 42.8 Å². The predicted molar refractivity (Wildman–Crippen MR) is 87.2 cm³/mol. The van der Waals surface area contributed by atoms with E-state index in [1.807, 2.05) is 0 Å². The van der Waals surface area contributed by atoms with Crippen LogP contribution in [0.2, 0.25) is 0 Å². The van der Waals surface area contributed by atoms with Crippen LogP contribution in [0.1, 0.15) is 53.4 Å². The minimum Gasteiger partial charge on any atom is -0.312 e. The molecule has 1 atom stereocenters. The highest BCUT2D eigenvalue weighted by molar-refractivity contribution is 4.85. The van der Waals surface area contributed by atoms with E-state index in [-0.39, 0.29) is 0 Å². The van der Waals surface area contributed by atoms with Gasteiger partial charge < -0.3 is 10.2 Å². The maximum atomic E-state index is 3.86. The molecule has 0 spiro atoms. The summed E-state index contributed by atoms with van der Waals surface area (Å²) in [5.74, 6) is 0.796. The van der Waals surface area contributed by atoms with Gasteiger partial charge in [0.05, 0.1) is 0 Å². The minimum absolute atomic E-state index is 0.715. The molecule has 3 heteroatoms. The van der Waals surface area contributed by atoms with Crippen molar-refractivity contribution in [1.82, 2.24) is 15.1 Å². The summed E-state index contributed by atoms with van der Waals surface area (Å²) in [6, 6.07) is 2.26. The van der Waals surface area contributed by atoms with Gasteiger partial charge in [0, 0.05) is 31.2 Å². The fraction of sp³-hybridized carbons (Fsp3) is 1.00. The van der Waals surface area contributed by atoms with Gasteiger partial charge in [-0.2, -0.15) is 0 Å². The van der Waals surface area contributed by atoms with Gasteiger partial charge in [0.1, 0.15) is 0 Å². The molecule has 2 fully saturated rings. The van der Waals surface area contributed by atoms with Crippen LogP contribution in [0.25, 0.3) is 0 Å². The Bertz CT molecular complexity index is 269. The van der Waals surface area contributed by atoms with Gasteiger partial charge in [-0.05, 0) is 65.1 Å². The van der Waals surface area contributed by atoms with Crippen LogP contribution in [-0.4, -0.2) is 60.6 Å². The van der Waals surface area contributed by atoms with Crippen molar-refractivity contribution >= 4 is 0 Å². The highest BCUT2D eigenvalue weighted by Gasteiger charge is 2.26. The first kappa shape index (κ1) is 16.3. The van der Waals surface area contributed by atoms with E-state index in [0.717, 1.165) is 18.0 Å². The molecule has 0 unspecified atom stereocenters. The van der Waals surface area contributed by atoms with Crippen LogP contribution in [0.15, 0.2) is 0 Å². The number of nitrogens with one attached hydrogen (secondary N) is 1. The topological polar surface area (TPSA) is 18.5 Å². The van der Waals surface area contributed by atoms with Gasteiger partial charge in [-0.15, -0.1) is 0 Å². The van der Waals surface area contributed by atoms with Crippen molar-refractivity contribution in [2.45, 2.75) is 71.5 Å². The van der Waals surface area contributed by atoms with Crippen molar-refractivity contribution in [3.63, 3.8) is 0 Å². The summed E-state index contributed by atoms with van der Waals surface area (Å²) in [5.41, 5.74) is 0. The lowest BCUT2D eigenvalue weighted by atomic mass is 10.0. The van der Waals surface area contributed by atoms with Crippen LogP contribution in [0.5, 0.6) is 0 Å². The van der Waals surface area contributed by atoms with Gasteiger partial charge >= 0.3 is 0 Å². The zero-order valence-electron chi connectivity index (χ0n) is 14.1. The standard InChI is InChI=1S/C17H35N3/c1-14(2)13-20-9-5-6-17(20)12-18-16-7-10-19(11-8-16)15(3)4/h14-18H,5-13H2,1-4H3/t17-/m0/s1. The summed E-state index contributed by atoms with van der Waals surface area (Å²) in [5, 5.41) is 3.86. The molecule has 1 N–H and O–H groups in total. The zero-order valence-corrected chi connectivity index (χ0v) is 14.1. The highest BCUT2D eigenvalue weighted by atomic mass is 15.2. The Morgan fingerprint density at radius 2 is 1.70 bits per heavy atom. The third-order valence-electron chi connectivity index (χ3n) is 5.00. The smallest absolute Gasteiger partial charge is 0.0221 e. The van der Waals surface area contributed by atoms with Gasteiger partial charge in [-0.1, -0.05) is 13.8 Å². The molecule has 0 bridgehead atoms. The number of nitrogens with zero attached hydrogens (tertiary/aromatic N) is 2. The Balaban J connectivity index is 1.68. The highest BCUT2D eigenvalue weighted by Crippen LogP contribution is 2.19. The van der Waals surface area contributed by atoms with Crippen LogP contribution in [0.4, 0.5) is 0 Å². The van der Waals surface area contributed by atoms with Crippen LogP contribution >= 0.6 is 0 Å². The first-order valence-corrected chi connectivity index (χ1v) is 8.77. The predicted octanol–water partition coefficient (Wildman–Crippen LogP) is 2.57. The SMILES string of the molecule is CC(C)CN1CCC[C@H]1CNC1CCN(C(C)C)CC1. The summed E-state index contributed by atoms with van der Waals surface area (Å²) in [6.45, 7) is 15.7. The quantitative estimate of drug-likeness (QED) is 0.807. The number of rotatable bonds is 6. The summed E-state index contributed by atoms with van der Waals surface area (Å²) in [7, 11) is 0. The van der Waals surface area contributed by atoms with Crippen molar-refractivity contribution < 1.29 is 0 Å². The lowest BCUT2D eigenvalue weighted by Crippen LogP contribution is -2.48. The Morgan fingerprint density at radius 3 is 2.30 bits per heavy atom. The normalized spacial score (nSPS) is 27.0. The zero-order chi connectivity index (χ0) is 14.5. The van der Waals surface area contributed by atoms with Crippen LogP contribution < -0.4 is 5.32 Å². The molecule has 118 valence electrons. The maximum Gasteiger partial charge on any atom is 0.0221 e. The molecule has 0 aromatic carbocycles. The lowest BCUT2D eigenvalue weighted by molar-refractivity contribution is 0.153. The van der Waals surface area contributed by atoms with Gasteiger partial charge in [-0.3, -0.25) is 4.90 Å². The fourth-order valence-electron chi connectivity index (χ4n) is 3.76. The second kappa shape index (κ2) is 7.77. The molecule has 2 saturated heterocycles. The van der Waals surface area contributed by atoms with E-state index in [4.69, 9.17) is 0 Å². The fourth-order valence-corrected chi connectivity index (χ4v) is 3.76.